The van der Waals surface area contributed by atoms with Gasteiger partial charge in [0.05, 0.1) is 17.1 Å². The third-order valence-electron chi connectivity index (χ3n) is 6.03. The Labute approximate surface area is 197 Å². The third-order valence-corrected chi connectivity index (χ3v) is 6.03. The van der Waals surface area contributed by atoms with E-state index >= 15 is 0 Å². The molecule has 5 heteroatoms. The Morgan fingerprint density at radius 1 is 0.794 bits per heavy atom. The summed E-state index contributed by atoms with van der Waals surface area (Å²) in [7, 11) is 1.96. The summed E-state index contributed by atoms with van der Waals surface area (Å²) in [5, 5.41) is 2.37. The van der Waals surface area contributed by atoms with E-state index in [0.29, 0.717) is 0 Å². The summed E-state index contributed by atoms with van der Waals surface area (Å²) in [5.74, 6) is 2.47. The quantitative estimate of drug-likeness (QED) is 0.295. The molecule has 0 radical (unpaired) electrons. The zero-order valence-corrected chi connectivity index (χ0v) is 19.4. The number of nitrogens with zero attached hydrogens (tertiary/aromatic N) is 4. The second-order valence-electron chi connectivity index (χ2n) is 8.71. The summed E-state index contributed by atoms with van der Waals surface area (Å²) in [6.45, 7) is 4.16. The normalized spacial score (nSPS) is 12.9. The average molecular weight is 445 g/mol. The van der Waals surface area contributed by atoms with Crippen molar-refractivity contribution in [2.75, 3.05) is 7.05 Å². The van der Waals surface area contributed by atoms with Crippen LogP contribution in [-0.2, 0) is 0 Å². The Kier molecular flexibility index (Phi) is 4.65. The van der Waals surface area contributed by atoms with E-state index in [1.54, 1.807) is 0 Å². The highest BCUT2D eigenvalue weighted by atomic mass is 16.5. The number of aryl methyl sites for hydroxylation is 2. The summed E-state index contributed by atoms with van der Waals surface area (Å²) in [5.41, 5.74) is 5.49. The number of ether oxygens (including phenoxy) is 1. The third kappa shape index (κ3) is 3.49. The maximum Gasteiger partial charge on any atom is 0.495 e. The van der Waals surface area contributed by atoms with Crippen LogP contribution in [0.25, 0.3) is 27.6 Å². The molecule has 1 aliphatic heterocycles. The Morgan fingerprint density at radius 2 is 1.65 bits per heavy atom. The van der Waals surface area contributed by atoms with Gasteiger partial charge in [0.2, 0.25) is 11.9 Å². The van der Waals surface area contributed by atoms with Gasteiger partial charge in [0.25, 0.3) is 6.20 Å². The lowest BCUT2D eigenvalue weighted by Crippen LogP contribution is -1.98. The van der Waals surface area contributed by atoms with Gasteiger partial charge in [0.15, 0.2) is 7.05 Å². The van der Waals surface area contributed by atoms with Crippen LogP contribution in [0.4, 0.5) is 5.69 Å². The second kappa shape index (κ2) is 7.84. The van der Waals surface area contributed by atoms with Crippen LogP contribution in [0.1, 0.15) is 11.1 Å². The van der Waals surface area contributed by atoms with E-state index in [1.165, 1.54) is 16.3 Å². The topological polar surface area (TPSA) is 33.1 Å². The standard InChI is InChI=1S/C29H24N4O/c1-20-10-11-30-29(16-20)33-27-7-5-4-6-25(27)26-9-8-23(18-28(26)33)34-24-15-21(2)14-22(17-24)32-13-12-31(3)19-32/h4-18H,1-3H3/q+2. The molecular weight excluding hydrogens is 420 g/mol. The summed E-state index contributed by atoms with van der Waals surface area (Å²) in [6, 6.07) is 28.3. The lowest BCUT2D eigenvalue weighted by molar-refractivity contribution is -0.429. The van der Waals surface area contributed by atoms with E-state index in [-0.39, 0.29) is 0 Å². The molecule has 5 aromatic rings. The largest absolute Gasteiger partial charge is 0.495 e. The van der Waals surface area contributed by atoms with E-state index in [1.807, 2.05) is 53.0 Å². The van der Waals surface area contributed by atoms with Crippen LogP contribution in [0.3, 0.4) is 0 Å². The molecule has 164 valence electrons. The average Bonchev–Trinajstić information content (AvgIpc) is 3.40. The van der Waals surface area contributed by atoms with Crippen molar-refractivity contribution in [3.05, 3.63) is 103 Å². The van der Waals surface area contributed by atoms with Gasteiger partial charge in [-0.2, -0.15) is 0 Å². The number of pyridine rings is 1. The van der Waals surface area contributed by atoms with Gasteiger partial charge < -0.3 is 4.74 Å². The summed E-state index contributed by atoms with van der Waals surface area (Å²) in [6.07, 6.45) is 5.81. The van der Waals surface area contributed by atoms with Crippen molar-refractivity contribution < 1.29 is 13.9 Å². The smallest absolute Gasteiger partial charge is 0.457 e. The first-order chi connectivity index (χ1) is 16.5. The van der Waals surface area contributed by atoms with Gasteiger partial charge >= 0.3 is 6.01 Å². The number of hydrogen-bond acceptors (Lipinski definition) is 2. The molecule has 0 saturated carbocycles. The number of aromatic nitrogens is 2. The molecule has 0 atom stereocenters. The van der Waals surface area contributed by atoms with Gasteiger partial charge in [-0.25, -0.2) is 4.98 Å². The molecule has 0 N–H and O–H groups in total. The van der Waals surface area contributed by atoms with Crippen molar-refractivity contribution in [3.8, 4) is 17.3 Å². The van der Waals surface area contributed by atoms with Crippen LogP contribution in [0.5, 0.6) is 11.5 Å². The zero-order valence-electron chi connectivity index (χ0n) is 19.4. The molecule has 0 amide bonds. The van der Waals surface area contributed by atoms with Crippen LogP contribution >= 0.6 is 0 Å². The zero-order chi connectivity index (χ0) is 23.2. The Balaban J connectivity index is 1.48. The minimum atomic E-state index is 0.780. The molecule has 0 saturated heterocycles. The molecule has 3 heterocycles. The minimum Gasteiger partial charge on any atom is -0.457 e. The van der Waals surface area contributed by atoms with Crippen molar-refractivity contribution in [2.45, 2.75) is 13.8 Å². The first-order valence-corrected chi connectivity index (χ1v) is 11.3. The summed E-state index contributed by atoms with van der Waals surface area (Å²) in [4.78, 5) is 4.67. The molecule has 34 heavy (non-hydrogen) atoms. The van der Waals surface area contributed by atoms with E-state index in [4.69, 9.17) is 4.74 Å². The molecule has 3 aromatic carbocycles. The first-order valence-electron chi connectivity index (χ1n) is 11.3. The fourth-order valence-electron chi connectivity index (χ4n) is 4.51. The van der Waals surface area contributed by atoms with Gasteiger partial charge in [-0.3, -0.25) is 4.57 Å². The maximum atomic E-state index is 6.38. The number of fused-ring (bicyclic) bond motifs is 3. The van der Waals surface area contributed by atoms with Crippen molar-refractivity contribution in [1.29, 1.82) is 0 Å². The fraction of sp³-hybridized carbons (Fsp3) is 0.103. The van der Waals surface area contributed by atoms with Gasteiger partial charge in [-0.1, -0.05) is 27.4 Å². The Hall–Kier alpha value is -4.47. The molecule has 2 aromatic heterocycles. The molecule has 1 aliphatic rings. The van der Waals surface area contributed by atoms with Crippen molar-refractivity contribution >= 4 is 33.5 Å². The summed E-state index contributed by atoms with van der Waals surface area (Å²) < 4.78 is 12.4. The fourth-order valence-corrected chi connectivity index (χ4v) is 4.51. The molecule has 6 rings (SSSR count). The number of rotatable bonds is 4. The highest BCUT2D eigenvalue weighted by Gasteiger charge is 2.18. The van der Waals surface area contributed by atoms with Crippen LogP contribution in [0.15, 0.2) is 91.4 Å². The molecule has 5 nitrogen and oxygen atoms in total. The number of para-hydroxylation sites is 1. The number of benzene rings is 3. The highest BCUT2D eigenvalue weighted by Crippen LogP contribution is 2.35. The van der Waals surface area contributed by atoms with E-state index in [9.17, 15) is 0 Å². The van der Waals surface area contributed by atoms with Gasteiger partial charge in [-0.15, -0.1) is 0 Å². The van der Waals surface area contributed by atoms with Gasteiger partial charge in [0, 0.05) is 29.1 Å². The minimum absolute atomic E-state index is 0.780. The van der Waals surface area contributed by atoms with Crippen LogP contribution in [-0.4, -0.2) is 31.8 Å². The van der Waals surface area contributed by atoms with Gasteiger partial charge in [-0.05, 0) is 61.4 Å². The predicted octanol–water partition coefficient (Wildman–Crippen LogP) is 6.53. The predicted molar refractivity (Wildman–Crippen MR) is 135 cm³/mol. The van der Waals surface area contributed by atoms with Crippen LogP contribution < -0.4 is 4.74 Å². The Morgan fingerprint density at radius 3 is 2.47 bits per heavy atom. The maximum absolute atomic E-state index is 6.38. The molecule has 0 bridgehead atoms. The molecule has 0 unspecified atom stereocenters. The second-order valence-corrected chi connectivity index (χ2v) is 8.71. The monoisotopic (exact) mass is 444 g/mol. The van der Waals surface area contributed by atoms with Crippen molar-refractivity contribution in [2.24, 2.45) is 0 Å². The van der Waals surface area contributed by atoms with Crippen LogP contribution in [0, 0.1) is 13.8 Å². The lowest BCUT2D eigenvalue weighted by atomic mass is 10.1. The lowest BCUT2D eigenvalue weighted by Gasteiger charge is -2.10. The summed E-state index contributed by atoms with van der Waals surface area (Å²) >= 11 is 0. The molecule has 0 aliphatic carbocycles. The van der Waals surface area contributed by atoms with Crippen molar-refractivity contribution in [3.63, 3.8) is 0 Å². The van der Waals surface area contributed by atoms with E-state index < -0.39 is 0 Å². The first kappa shape index (κ1) is 20.2. The van der Waals surface area contributed by atoms with E-state index in [2.05, 4.69) is 84.0 Å². The number of hydrogen-bond donors (Lipinski definition) is 0. The molecule has 0 spiro atoms. The molecular formula is C29H24N4O+2. The van der Waals surface area contributed by atoms with Gasteiger partial charge in [0.1, 0.15) is 17.3 Å². The SMILES string of the molecule is Cc1cc(Oc2ccc3c4ccccc4n(-c4cc(C)ccn4)c3c2)cc([N+]2=C=[N+](C)C=C2)c1. The van der Waals surface area contributed by atoms with Crippen LogP contribution in [0.2, 0.25) is 0 Å². The van der Waals surface area contributed by atoms with E-state index in [0.717, 1.165) is 39.6 Å². The Bertz CT molecular complexity index is 1700. The van der Waals surface area contributed by atoms with Crippen molar-refractivity contribution in [1.82, 2.24) is 9.55 Å². The highest BCUT2D eigenvalue weighted by molar-refractivity contribution is 6.09. The molecule has 0 fully saturated rings.